The molecule has 1 aromatic rings. The third-order valence-corrected chi connectivity index (χ3v) is 4.77. The van der Waals surface area contributed by atoms with Gasteiger partial charge in [0.15, 0.2) is 0 Å². The Morgan fingerprint density at radius 3 is 1.19 bits per heavy atom. The molecule has 1 rings (SSSR count). The van der Waals surface area contributed by atoms with E-state index in [1.54, 1.807) is 28.9 Å². The van der Waals surface area contributed by atoms with Crippen molar-refractivity contribution in [3.63, 3.8) is 0 Å². The van der Waals surface area contributed by atoms with Gasteiger partial charge in [0.2, 0.25) is 0 Å². The summed E-state index contributed by atoms with van der Waals surface area (Å²) in [5, 5.41) is 46.6. The molecule has 0 bridgehead atoms. The van der Waals surface area contributed by atoms with E-state index in [4.69, 9.17) is 20.4 Å². The Kier molecular flexibility index (Phi) is 11.1. The standard InChI is InChI=1S/C21H30N2O9/c1-14-10-15(12-22(6-2-17(24)25)7-3-18(26)27)21(32)16(11-14)13-23(8-4-19(28)29)9-5-20(30)31/h10-11,32H,2-9,12-13H2,1H3,(H,24,25)(H,26,27)(H,28,29)(H,30,31). The molecule has 0 aliphatic heterocycles. The van der Waals surface area contributed by atoms with Crippen molar-refractivity contribution in [1.82, 2.24) is 9.80 Å². The van der Waals surface area contributed by atoms with E-state index in [9.17, 15) is 24.3 Å². The van der Waals surface area contributed by atoms with Crippen molar-refractivity contribution >= 4 is 23.9 Å². The van der Waals surface area contributed by atoms with Crippen molar-refractivity contribution in [2.75, 3.05) is 26.2 Å². The molecule has 11 nitrogen and oxygen atoms in total. The fourth-order valence-corrected chi connectivity index (χ4v) is 3.21. The first kappa shape index (κ1) is 26.9. The zero-order valence-electron chi connectivity index (χ0n) is 18.0. The molecule has 0 atom stereocenters. The number of carbonyl (C=O) groups is 4. The summed E-state index contributed by atoms with van der Waals surface area (Å²) in [6.45, 7) is 2.48. The van der Waals surface area contributed by atoms with Crippen LogP contribution in [0.2, 0.25) is 0 Å². The third-order valence-electron chi connectivity index (χ3n) is 4.77. The molecule has 0 aliphatic rings. The molecule has 0 saturated carbocycles. The van der Waals surface area contributed by atoms with Gasteiger partial charge in [-0.25, -0.2) is 0 Å². The largest absolute Gasteiger partial charge is 0.507 e. The molecule has 178 valence electrons. The number of aromatic hydroxyl groups is 1. The van der Waals surface area contributed by atoms with Crippen LogP contribution in [-0.2, 0) is 32.3 Å². The maximum Gasteiger partial charge on any atom is 0.304 e. The van der Waals surface area contributed by atoms with Crippen LogP contribution in [0.25, 0.3) is 0 Å². The van der Waals surface area contributed by atoms with Crippen LogP contribution in [-0.4, -0.2) is 85.4 Å². The molecule has 0 radical (unpaired) electrons. The zero-order chi connectivity index (χ0) is 24.3. The number of nitrogens with zero attached hydrogens (tertiary/aromatic N) is 2. The molecule has 5 N–H and O–H groups in total. The summed E-state index contributed by atoms with van der Waals surface area (Å²) in [5.41, 5.74) is 1.75. The second-order valence-electron chi connectivity index (χ2n) is 7.56. The number of carboxylic acids is 4. The highest BCUT2D eigenvalue weighted by atomic mass is 16.4. The van der Waals surface area contributed by atoms with Gasteiger partial charge in [0.25, 0.3) is 0 Å². The van der Waals surface area contributed by atoms with Gasteiger partial charge in [-0.1, -0.05) is 17.7 Å². The summed E-state index contributed by atoms with van der Waals surface area (Å²) in [4.78, 5) is 47.0. The van der Waals surface area contributed by atoms with Crippen LogP contribution >= 0.6 is 0 Å². The fourth-order valence-electron chi connectivity index (χ4n) is 3.21. The first-order chi connectivity index (χ1) is 15.0. The van der Waals surface area contributed by atoms with Crippen molar-refractivity contribution in [3.8, 4) is 5.75 Å². The molecule has 0 aromatic heterocycles. The normalized spacial score (nSPS) is 11.1. The highest BCUT2D eigenvalue weighted by Crippen LogP contribution is 2.27. The molecule has 0 heterocycles. The lowest BCUT2D eigenvalue weighted by atomic mass is 10.0. The lowest BCUT2D eigenvalue weighted by molar-refractivity contribution is -0.139. The van der Waals surface area contributed by atoms with Crippen molar-refractivity contribution in [3.05, 3.63) is 28.8 Å². The van der Waals surface area contributed by atoms with E-state index in [-0.39, 0.29) is 70.7 Å². The molecule has 0 unspecified atom stereocenters. The third kappa shape index (κ3) is 10.7. The summed E-state index contributed by atoms with van der Waals surface area (Å²) in [6.07, 6.45) is -0.733. The maximum absolute atomic E-state index is 10.9. The van der Waals surface area contributed by atoms with Crippen LogP contribution in [0.1, 0.15) is 42.4 Å². The van der Waals surface area contributed by atoms with Crippen molar-refractivity contribution in [2.45, 2.75) is 45.7 Å². The van der Waals surface area contributed by atoms with Gasteiger partial charge >= 0.3 is 23.9 Å². The van der Waals surface area contributed by atoms with Gasteiger partial charge in [-0.3, -0.25) is 29.0 Å². The van der Waals surface area contributed by atoms with E-state index >= 15 is 0 Å². The Labute approximate surface area is 185 Å². The summed E-state index contributed by atoms with van der Waals surface area (Å²) in [6, 6.07) is 3.43. The minimum Gasteiger partial charge on any atom is -0.507 e. The molecule has 0 fully saturated rings. The average Bonchev–Trinajstić information content (AvgIpc) is 2.68. The number of hydrogen-bond acceptors (Lipinski definition) is 7. The Balaban J connectivity index is 3.07. The van der Waals surface area contributed by atoms with E-state index < -0.39 is 23.9 Å². The number of hydrogen-bond donors (Lipinski definition) is 5. The van der Waals surface area contributed by atoms with E-state index in [1.165, 1.54) is 0 Å². The zero-order valence-corrected chi connectivity index (χ0v) is 18.0. The van der Waals surface area contributed by atoms with E-state index in [0.717, 1.165) is 5.56 Å². The van der Waals surface area contributed by atoms with Crippen molar-refractivity contribution in [2.24, 2.45) is 0 Å². The average molecular weight is 454 g/mol. The number of carboxylic acid groups (broad SMARTS) is 4. The van der Waals surface area contributed by atoms with Gasteiger partial charge in [0.1, 0.15) is 5.75 Å². The van der Waals surface area contributed by atoms with E-state index in [1.807, 2.05) is 0 Å². The number of rotatable bonds is 16. The summed E-state index contributed by atoms with van der Waals surface area (Å²) in [5.74, 6) is -4.15. The van der Waals surface area contributed by atoms with Gasteiger partial charge in [-0.2, -0.15) is 0 Å². The van der Waals surface area contributed by atoms with Crippen molar-refractivity contribution < 1.29 is 44.7 Å². The minimum absolute atomic E-state index is 0.0677. The van der Waals surface area contributed by atoms with Crippen LogP contribution in [0, 0.1) is 6.92 Å². The summed E-state index contributed by atoms with van der Waals surface area (Å²) in [7, 11) is 0. The molecule has 0 aliphatic carbocycles. The molecule has 0 spiro atoms. The van der Waals surface area contributed by atoms with Crippen LogP contribution in [0.15, 0.2) is 12.1 Å². The second kappa shape index (κ2) is 13.3. The Bertz CT molecular complexity index is 726. The minimum atomic E-state index is -1.02. The summed E-state index contributed by atoms with van der Waals surface area (Å²) >= 11 is 0. The lowest BCUT2D eigenvalue weighted by Crippen LogP contribution is -2.29. The van der Waals surface area contributed by atoms with Crippen LogP contribution < -0.4 is 0 Å². The molecule has 0 saturated heterocycles. The Hall–Kier alpha value is -3.18. The lowest BCUT2D eigenvalue weighted by Gasteiger charge is -2.25. The van der Waals surface area contributed by atoms with Crippen LogP contribution in [0.4, 0.5) is 0 Å². The fraction of sp³-hybridized carbons (Fsp3) is 0.524. The monoisotopic (exact) mass is 454 g/mol. The van der Waals surface area contributed by atoms with Crippen molar-refractivity contribution in [1.29, 1.82) is 0 Å². The van der Waals surface area contributed by atoms with E-state index in [0.29, 0.717) is 11.1 Å². The van der Waals surface area contributed by atoms with Crippen LogP contribution in [0.5, 0.6) is 5.75 Å². The smallest absolute Gasteiger partial charge is 0.304 e. The maximum atomic E-state index is 10.9. The quantitative estimate of drug-likeness (QED) is 0.242. The number of phenolic OH excluding ortho intramolecular Hbond substituents is 1. The van der Waals surface area contributed by atoms with Gasteiger partial charge in [0, 0.05) is 50.4 Å². The molecular weight excluding hydrogens is 424 g/mol. The number of aryl methyl sites for hydroxylation is 1. The predicted molar refractivity (Wildman–Crippen MR) is 112 cm³/mol. The van der Waals surface area contributed by atoms with Crippen LogP contribution in [0.3, 0.4) is 0 Å². The Morgan fingerprint density at radius 2 is 0.938 bits per heavy atom. The number of benzene rings is 1. The first-order valence-corrected chi connectivity index (χ1v) is 10.1. The van der Waals surface area contributed by atoms with Gasteiger partial charge in [0.05, 0.1) is 25.7 Å². The molecule has 0 amide bonds. The summed E-state index contributed by atoms with van der Waals surface area (Å²) < 4.78 is 0. The van der Waals surface area contributed by atoms with Gasteiger partial charge in [-0.15, -0.1) is 0 Å². The van der Waals surface area contributed by atoms with E-state index in [2.05, 4.69) is 0 Å². The molecule has 32 heavy (non-hydrogen) atoms. The highest BCUT2D eigenvalue weighted by Gasteiger charge is 2.18. The molecule has 11 heteroatoms. The first-order valence-electron chi connectivity index (χ1n) is 10.1. The molecular formula is C21H30N2O9. The topological polar surface area (TPSA) is 176 Å². The molecule has 1 aromatic carbocycles. The SMILES string of the molecule is Cc1cc(CN(CCC(=O)O)CCC(=O)O)c(O)c(CN(CCC(=O)O)CCC(=O)O)c1. The van der Waals surface area contributed by atoms with Gasteiger partial charge < -0.3 is 25.5 Å². The predicted octanol–water partition coefficient (Wildman–Crippen LogP) is 1.20. The number of aliphatic carboxylic acids is 4. The Morgan fingerprint density at radius 1 is 0.656 bits per heavy atom. The van der Waals surface area contributed by atoms with Gasteiger partial charge in [-0.05, 0) is 6.92 Å². The number of phenols is 1. The second-order valence-corrected chi connectivity index (χ2v) is 7.56. The highest BCUT2D eigenvalue weighted by molar-refractivity contribution is 5.68.